The summed E-state index contributed by atoms with van der Waals surface area (Å²) >= 11 is 3.10. The molecule has 7 nitrogen and oxygen atoms in total. The summed E-state index contributed by atoms with van der Waals surface area (Å²) in [6, 6.07) is 5.75. The summed E-state index contributed by atoms with van der Waals surface area (Å²) < 4.78 is 5.15. The zero-order valence-corrected chi connectivity index (χ0v) is 16.4. The predicted octanol–water partition coefficient (Wildman–Crippen LogP) is 3.53. The number of nitrogens with one attached hydrogen (secondary N) is 1. The van der Waals surface area contributed by atoms with Crippen LogP contribution in [0.4, 0.5) is 11.1 Å². The highest BCUT2D eigenvalue weighted by molar-refractivity contribution is 7.16. The van der Waals surface area contributed by atoms with E-state index >= 15 is 0 Å². The Bertz CT molecular complexity index is 904. The van der Waals surface area contributed by atoms with Crippen molar-refractivity contribution in [2.75, 3.05) is 30.4 Å². The van der Waals surface area contributed by atoms with Crippen molar-refractivity contribution >= 4 is 39.7 Å². The van der Waals surface area contributed by atoms with Gasteiger partial charge in [0.15, 0.2) is 5.13 Å². The predicted molar refractivity (Wildman–Crippen MR) is 108 cm³/mol. The molecule has 1 aliphatic heterocycles. The molecule has 9 heteroatoms. The number of hydrogen-bond donors (Lipinski definition) is 1. The molecule has 3 aromatic rings. The summed E-state index contributed by atoms with van der Waals surface area (Å²) in [6.07, 6.45) is 3.21. The lowest BCUT2D eigenvalue weighted by Gasteiger charge is -2.31. The van der Waals surface area contributed by atoms with E-state index in [4.69, 9.17) is 4.74 Å². The standard InChI is InChI=1S/C18H19N5O2S2/c1-25-15-4-7-19-17(21-15)23-8-5-12(6-9-23)16(24)22-18-20-13(11-27-18)14-3-2-10-26-14/h2-4,7,10-12H,5-6,8-9H2,1H3,(H,20,22,24). The minimum absolute atomic E-state index is 0.0269. The summed E-state index contributed by atoms with van der Waals surface area (Å²) in [5, 5.41) is 7.62. The fourth-order valence-corrected chi connectivity index (χ4v) is 4.49. The number of amides is 1. The number of anilines is 2. The van der Waals surface area contributed by atoms with E-state index in [0.29, 0.717) is 17.0 Å². The number of hydrogen-bond acceptors (Lipinski definition) is 8. The molecule has 0 aromatic carbocycles. The molecule has 3 aromatic heterocycles. The van der Waals surface area contributed by atoms with Gasteiger partial charge in [-0.25, -0.2) is 9.97 Å². The zero-order valence-electron chi connectivity index (χ0n) is 14.8. The average Bonchev–Trinajstić information content (AvgIpc) is 3.40. The van der Waals surface area contributed by atoms with Gasteiger partial charge in [0.25, 0.3) is 0 Å². The van der Waals surface area contributed by atoms with E-state index in [1.165, 1.54) is 11.3 Å². The van der Waals surface area contributed by atoms with Crippen molar-refractivity contribution in [2.24, 2.45) is 5.92 Å². The van der Waals surface area contributed by atoms with Crippen LogP contribution in [0.1, 0.15) is 12.8 Å². The number of piperidine rings is 1. The lowest BCUT2D eigenvalue weighted by atomic mass is 9.96. The van der Waals surface area contributed by atoms with E-state index < -0.39 is 0 Å². The van der Waals surface area contributed by atoms with Crippen LogP contribution in [0.5, 0.6) is 5.88 Å². The van der Waals surface area contributed by atoms with Gasteiger partial charge < -0.3 is 15.0 Å². The molecule has 1 saturated heterocycles. The van der Waals surface area contributed by atoms with Crippen molar-refractivity contribution < 1.29 is 9.53 Å². The normalized spacial score (nSPS) is 14.9. The summed E-state index contributed by atoms with van der Waals surface area (Å²) in [4.78, 5) is 29.0. The van der Waals surface area contributed by atoms with Gasteiger partial charge in [-0.15, -0.1) is 22.7 Å². The first-order valence-electron chi connectivity index (χ1n) is 8.65. The summed E-state index contributed by atoms with van der Waals surface area (Å²) in [6.45, 7) is 1.48. The Kier molecular flexibility index (Phi) is 5.30. The van der Waals surface area contributed by atoms with Crippen LogP contribution in [-0.4, -0.2) is 41.1 Å². The van der Waals surface area contributed by atoms with Gasteiger partial charge in [0.2, 0.25) is 17.7 Å². The lowest BCUT2D eigenvalue weighted by molar-refractivity contribution is -0.120. The average molecular weight is 402 g/mol. The van der Waals surface area contributed by atoms with Crippen LogP contribution >= 0.6 is 22.7 Å². The van der Waals surface area contributed by atoms with Crippen molar-refractivity contribution in [1.82, 2.24) is 15.0 Å². The van der Waals surface area contributed by atoms with Crippen LogP contribution in [0.2, 0.25) is 0 Å². The fourth-order valence-electron chi connectivity index (χ4n) is 3.02. The minimum Gasteiger partial charge on any atom is -0.481 e. The zero-order chi connectivity index (χ0) is 18.6. The van der Waals surface area contributed by atoms with Gasteiger partial charge in [-0.05, 0) is 24.3 Å². The molecule has 140 valence electrons. The van der Waals surface area contributed by atoms with E-state index in [0.717, 1.165) is 36.5 Å². The number of aromatic nitrogens is 3. The van der Waals surface area contributed by atoms with Crippen molar-refractivity contribution in [3.8, 4) is 16.5 Å². The molecule has 4 rings (SSSR count). The van der Waals surface area contributed by atoms with Gasteiger partial charge in [-0.3, -0.25) is 4.79 Å². The number of thiazole rings is 1. The number of rotatable bonds is 5. The molecular formula is C18H19N5O2S2. The Hall–Kier alpha value is -2.52. The highest BCUT2D eigenvalue weighted by Gasteiger charge is 2.27. The van der Waals surface area contributed by atoms with Crippen LogP contribution in [0.15, 0.2) is 35.2 Å². The van der Waals surface area contributed by atoms with E-state index in [1.54, 1.807) is 30.7 Å². The van der Waals surface area contributed by atoms with Crippen LogP contribution in [0.25, 0.3) is 10.6 Å². The Balaban J connectivity index is 1.33. The fraction of sp³-hybridized carbons (Fsp3) is 0.333. The third kappa shape index (κ3) is 4.09. The Morgan fingerprint density at radius 1 is 1.26 bits per heavy atom. The molecule has 0 saturated carbocycles. The van der Waals surface area contributed by atoms with E-state index in [2.05, 4.69) is 25.2 Å². The molecule has 0 bridgehead atoms. The molecule has 4 heterocycles. The number of thiophene rings is 1. The monoisotopic (exact) mass is 401 g/mol. The number of methoxy groups -OCH3 is 1. The first-order chi connectivity index (χ1) is 13.2. The molecular weight excluding hydrogens is 382 g/mol. The van der Waals surface area contributed by atoms with Crippen LogP contribution in [0, 0.1) is 5.92 Å². The second kappa shape index (κ2) is 8.01. The summed E-state index contributed by atoms with van der Waals surface area (Å²) in [5.74, 6) is 1.20. The first kappa shape index (κ1) is 17.9. The number of ether oxygens (including phenoxy) is 1. The summed E-state index contributed by atoms with van der Waals surface area (Å²) in [7, 11) is 1.59. The molecule has 0 aliphatic carbocycles. The van der Waals surface area contributed by atoms with Gasteiger partial charge in [0.05, 0.1) is 17.7 Å². The highest BCUT2D eigenvalue weighted by atomic mass is 32.1. The highest BCUT2D eigenvalue weighted by Crippen LogP contribution is 2.29. The van der Waals surface area contributed by atoms with Gasteiger partial charge in [0.1, 0.15) is 0 Å². The Morgan fingerprint density at radius 2 is 2.11 bits per heavy atom. The molecule has 1 fully saturated rings. The lowest BCUT2D eigenvalue weighted by Crippen LogP contribution is -2.39. The van der Waals surface area contributed by atoms with E-state index in [9.17, 15) is 4.79 Å². The van der Waals surface area contributed by atoms with Gasteiger partial charge in [0, 0.05) is 36.7 Å². The molecule has 1 N–H and O–H groups in total. The van der Waals surface area contributed by atoms with E-state index in [1.807, 2.05) is 22.9 Å². The SMILES string of the molecule is COc1ccnc(N2CCC(C(=O)Nc3nc(-c4cccs4)cs3)CC2)n1. The van der Waals surface area contributed by atoms with Crippen molar-refractivity contribution in [3.63, 3.8) is 0 Å². The topological polar surface area (TPSA) is 80.2 Å². The van der Waals surface area contributed by atoms with Crippen LogP contribution in [-0.2, 0) is 4.79 Å². The van der Waals surface area contributed by atoms with Gasteiger partial charge in [-0.1, -0.05) is 6.07 Å². The van der Waals surface area contributed by atoms with Crippen LogP contribution in [0.3, 0.4) is 0 Å². The maximum absolute atomic E-state index is 12.6. The molecule has 0 radical (unpaired) electrons. The number of carbonyl (C=O) groups is 1. The van der Waals surface area contributed by atoms with Crippen LogP contribution < -0.4 is 15.0 Å². The number of carbonyl (C=O) groups excluding carboxylic acids is 1. The molecule has 0 unspecified atom stereocenters. The number of nitrogens with zero attached hydrogens (tertiary/aromatic N) is 4. The third-order valence-corrected chi connectivity index (χ3v) is 6.13. The third-order valence-electron chi connectivity index (χ3n) is 4.48. The maximum Gasteiger partial charge on any atom is 0.229 e. The van der Waals surface area contributed by atoms with Gasteiger partial charge >= 0.3 is 0 Å². The summed E-state index contributed by atoms with van der Waals surface area (Å²) in [5.41, 5.74) is 0.912. The quantitative estimate of drug-likeness (QED) is 0.705. The largest absolute Gasteiger partial charge is 0.481 e. The smallest absolute Gasteiger partial charge is 0.229 e. The van der Waals surface area contributed by atoms with Gasteiger partial charge in [-0.2, -0.15) is 4.98 Å². The second-order valence-electron chi connectivity index (χ2n) is 6.16. The molecule has 0 atom stereocenters. The molecule has 0 spiro atoms. The second-order valence-corrected chi connectivity index (χ2v) is 7.97. The minimum atomic E-state index is -0.0269. The van der Waals surface area contributed by atoms with E-state index in [-0.39, 0.29) is 11.8 Å². The molecule has 1 aliphatic rings. The maximum atomic E-state index is 12.6. The van der Waals surface area contributed by atoms with Crippen molar-refractivity contribution in [3.05, 3.63) is 35.2 Å². The van der Waals surface area contributed by atoms with Crippen molar-refractivity contribution in [1.29, 1.82) is 0 Å². The molecule has 1 amide bonds. The Morgan fingerprint density at radius 3 is 2.85 bits per heavy atom. The Labute approximate surface area is 165 Å². The van der Waals surface area contributed by atoms with Crippen molar-refractivity contribution in [2.45, 2.75) is 12.8 Å². The molecule has 27 heavy (non-hydrogen) atoms. The first-order valence-corrected chi connectivity index (χ1v) is 10.4.